The lowest BCUT2D eigenvalue weighted by Gasteiger charge is -2.19. The van der Waals surface area contributed by atoms with Gasteiger partial charge in [-0.15, -0.1) is 0 Å². The van der Waals surface area contributed by atoms with Gasteiger partial charge in [-0.05, 0) is 46.7 Å². The highest BCUT2D eigenvalue weighted by Crippen LogP contribution is 2.24. The molecule has 1 N–H and O–H groups in total. The summed E-state index contributed by atoms with van der Waals surface area (Å²) in [7, 11) is -3.51. The highest BCUT2D eigenvalue weighted by molar-refractivity contribution is 7.89. The molecule has 0 aliphatic heterocycles. The molecule has 0 radical (unpaired) electrons. The molecule has 2 rings (SSSR count). The largest absolute Gasteiger partial charge is 0.492 e. The average Bonchev–Trinajstić information content (AvgIpc) is 2.58. The van der Waals surface area contributed by atoms with Crippen molar-refractivity contribution in [3.05, 3.63) is 59.7 Å². The van der Waals surface area contributed by atoms with E-state index in [2.05, 4.69) is 39.3 Å². The SMILES string of the molecule is CC(C)c1ccc(S(=O)(=O)NCCOc2ccc(C(C)(C)C)cc2)cc1. The van der Waals surface area contributed by atoms with Crippen molar-refractivity contribution in [2.45, 2.75) is 50.8 Å². The topological polar surface area (TPSA) is 55.4 Å². The van der Waals surface area contributed by atoms with E-state index in [0.29, 0.717) is 5.92 Å². The Morgan fingerprint density at radius 3 is 2.04 bits per heavy atom. The Morgan fingerprint density at radius 2 is 1.54 bits per heavy atom. The maximum absolute atomic E-state index is 12.3. The van der Waals surface area contributed by atoms with Crippen molar-refractivity contribution in [2.75, 3.05) is 13.2 Å². The van der Waals surface area contributed by atoms with Crippen LogP contribution in [0, 0.1) is 0 Å². The summed E-state index contributed by atoms with van der Waals surface area (Å²) in [5.41, 5.74) is 2.45. The zero-order chi connectivity index (χ0) is 19.4. The first-order valence-electron chi connectivity index (χ1n) is 8.92. The van der Waals surface area contributed by atoms with Gasteiger partial charge in [0.05, 0.1) is 4.90 Å². The summed E-state index contributed by atoms with van der Waals surface area (Å²) < 4.78 is 32.8. The molecule has 0 heterocycles. The van der Waals surface area contributed by atoms with E-state index < -0.39 is 10.0 Å². The normalized spacial score (nSPS) is 12.4. The van der Waals surface area contributed by atoms with Crippen molar-refractivity contribution in [1.82, 2.24) is 4.72 Å². The first kappa shape index (κ1) is 20.5. The fourth-order valence-electron chi connectivity index (χ4n) is 2.51. The molecule has 2 aromatic rings. The van der Waals surface area contributed by atoms with E-state index in [1.165, 1.54) is 5.56 Å². The Hall–Kier alpha value is -1.85. The first-order chi connectivity index (χ1) is 12.1. The van der Waals surface area contributed by atoms with Crippen LogP contribution in [0.15, 0.2) is 53.4 Å². The van der Waals surface area contributed by atoms with Crippen molar-refractivity contribution in [3.63, 3.8) is 0 Å². The van der Waals surface area contributed by atoms with Crippen LogP contribution < -0.4 is 9.46 Å². The van der Waals surface area contributed by atoms with Crippen LogP contribution in [0.5, 0.6) is 5.75 Å². The predicted molar refractivity (Wildman–Crippen MR) is 106 cm³/mol. The van der Waals surface area contributed by atoms with E-state index in [1.807, 2.05) is 36.4 Å². The van der Waals surface area contributed by atoms with Crippen molar-refractivity contribution in [1.29, 1.82) is 0 Å². The van der Waals surface area contributed by atoms with Gasteiger partial charge in [0.2, 0.25) is 10.0 Å². The van der Waals surface area contributed by atoms with Crippen LogP contribution in [0.4, 0.5) is 0 Å². The number of benzene rings is 2. The van der Waals surface area contributed by atoms with Gasteiger partial charge >= 0.3 is 0 Å². The Morgan fingerprint density at radius 1 is 0.962 bits per heavy atom. The molecular formula is C21H29NO3S. The summed E-state index contributed by atoms with van der Waals surface area (Å²) in [6.45, 7) is 11.1. The molecule has 0 bridgehead atoms. The van der Waals surface area contributed by atoms with E-state index in [1.54, 1.807) is 12.1 Å². The van der Waals surface area contributed by atoms with Crippen LogP contribution in [0.3, 0.4) is 0 Å². The number of nitrogens with one attached hydrogen (secondary N) is 1. The lowest BCUT2D eigenvalue weighted by molar-refractivity contribution is 0.322. The zero-order valence-electron chi connectivity index (χ0n) is 16.2. The molecule has 0 aliphatic rings. The highest BCUT2D eigenvalue weighted by atomic mass is 32.2. The fourth-order valence-corrected chi connectivity index (χ4v) is 3.52. The second kappa shape index (κ2) is 8.23. The van der Waals surface area contributed by atoms with Crippen molar-refractivity contribution in [2.24, 2.45) is 0 Å². The van der Waals surface area contributed by atoms with Crippen molar-refractivity contribution in [3.8, 4) is 5.75 Å². The van der Waals surface area contributed by atoms with Crippen LogP contribution in [0.25, 0.3) is 0 Å². The highest BCUT2D eigenvalue weighted by Gasteiger charge is 2.14. The van der Waals surface area contributed by atoms with Crippen LogP contribution in [0.1, 0.15) is 51.7 Å². The summed E-state index contributed by atoms with van der Waals surface area (Å²) in [6.07, 6.45) is 0. The zero-order valence-corrected chi connectivity index (χ0v) is 17.1. The first-order valence-corrected chi connectivity index (χ1v) is 10.4. The van der Waals surface area contributed by atoms with Gasteiger partial charge in [-0.25, -0.2) is 13.1 Å². The third kappa shape index (κ3) is 5.58. The molecule has 0 spiro atoms. The minimum Gasteiger partial charge on any atom is -0.492 e. The lowest BCUT2D eigenvalue weighted by Crippen LogP contribution is -2.28. The summed E-state index contributed by atoms with van der Waals surface area (Å²) in [6, 6.07) is 14.9. The monoisotopic (exact) mass is 375 g/mol. The van der Waals surface area contributed by atoms with Gasteiger partial charge in [-0.2, -0.15) is 0 Å². The van der Waals surface area contributed by atoms with Crippen LogP contribution in [0.2, 0.25) is 0 Å². The van der Waals surface area contributed by atoms with Crippen molar-refractivity contribution < 1.29 is 13.2 Å². The standard InChI is InChI=1S/C21H29NO3S/c1-16(2)17-6-12-20(13-7-17)26(23,24)22-14-15-25-19-10-8-18(9-11-19)21(3,4)5/h6-13,16,22H,14-15H2,1-5H3. The number of hydrogen-bond donors (Lipinski definition) is 1. The predicted octanol–water partition coefficient (Wildman–Crippen LogP) is 4.46. The minimum absolute atomic E-state index is 0.0965. The van der Waals surface area contributed by atoms with Gasteiger partial charge in [0.1, 0.15) is 12.4 Å². The van der Waals surface area contributed by atoms with Crippen LogP contribution in [-0.2, 0) is 15.4 Å². The van der Waals surface area contributed by atoms with Gasteiger partial charge in [-0.1, -0.05) is 58.9 Å². The Kier molecular flexibility index (Phi) is 6.48. The van der Waals surface area contributed by atoms with Crippen molar-refractivity contribution >= 4 is 10.0 Å². The summed E-state index contributed by atoms with van der Waals surface area (Å²) in [5.74, 6) is 1.11. The van der Waals surface area contributed by atoms with Gasteiger partial charge in [0, 0.05) is 6.54 Å². The lowest BCUT2D eigenvalue weighted by atomic mass is 9.87. The summed E-state index contributed by atoms with van der Waals surface area (Å²) in [5, 5.41) is 0. The molecule has 0 amide bonds. The van der Waals surface area contributed by atoms with Gasteiger partial charge in [0.15, 0.2) is 0 Å². The summed E-state index contributed by atoms with van der Waals surface area (Å²) >= 11 is 0. The Balaban J connectivity index is 1.86. The van der Waals surface area contributed by atoms with Gasteiger partial charge < -0.3 is 4.74 Å². The molecule has 0 aliphatic carbocycles. The smallest absolute Gasteiger partial charge is 0.240 e. The molecule has 0 aromatic heterocycles. The molecule has 0 unspecified atom stereocenters. The molecule has 4 nitrogen and oxygen atoms in total. The summed E-state index contributed by atoms with van der Waals surface area (Å²) in [4.78, 5) is 0.274. The minimum atomic E-state index is -3.51. The van der Waals surface area contributed by atoms with Gasteiger partial charge in [-0.3, -0.25) is 0 Å². The maximum Gasteiger partial charge on any atom is 0.240 e. The molecule has 5 heteroatoms. The molecule has 0 atom stereocenters. The number of rotatable bonds is 7. The number of hydrogen-bond acceptors (Lipinski definition) is 3. The van der Waals surface area contributed by atoms with E-state index in [4.69, 9.17) is 4.74 Å². The molecule has 0 saturated heterocycles. The molecular weight excluding hydrogens is 346 g/mol. The molecule has 26 heavy (non-hydrogen) atoms. The maximum atomic E-state index is 12.3. The van der Waals surface area contributed by atoms with E-state index in [-0.39, 0.29) is 23.5 Å². The molecule has 142 valence electrons. The number of ether oxygens (including phenoxy) is 1. The van der Waals surface area contributed by atoms with Crippen LogP contribution in [-0.4, -0.2) is 21.6 Å². The third-order valence-electron chi connectivity index (χ3n) is 4.24. The Labute approximate surface area is 157 Å². The quantitative estimate of drug-likeness (QED) is 0.727. The fraction of sp³-hybridized carbons (Fsp3) is 0.429. The van der Waals surface area contributed by atoms with Gasteiger partial charge in [0.25, 0.3) is 0 Å². The second-order valence-corrected chi connectivity index (χ2v) is 9.51. The third-order valence-corrected chi connectivity index (χ3v) is 5.72. The second-order valence-electron chi connectivity index (χ2n) is 7.74. The van der Waals surface area contributed by atoms with E-state index in [0.717, 1.165) is 11.3 Å². The molecule has 0 saturated carbocycles. The molecule has 0 fully saturated rings. The van der Waals surface area contributed by atoms with E-state index >= 15 is 0 Å². The Bertz CT molecular complexity index is 802. The average molecular weight is 376 g/mol. The number of sulfonamides is 1. The van der Waals surface area contributed by atoms with Crippen LogP contribution >= 0.6 is 0 Å². The molecule has 2 aromatic carbocycles. The van der Waals surface area contributed by atoms with E-state index in [9.17, 15) is 8.42 Å².